The van der Waals surface area contributed by atoms with E-state index in [9.17, 15) is 0 Å². The molecule has 3 rings (SSSR count). The lowest BCUT2D eigenvalue weighted by Crippen LogP contribution is -2.17. The first-order valence-corrected chi connectivity index (χ1v) is 9.75. The van der Waals surface area contributed by atoms with Gasteiger partial charge in [-0.25, -0.2) is 0 Å². The minimum Gasteiger partial charge on any atom is -0.396 e. The second kappa shape index (κ2) is 8.21. The second-order valence-electron chi connectivity index (χ2n) is 5.82. The van der Waals surface area contributed by atoms with Gasteiger partial charge in [0.05, 0.1) is 6.61 Å². The van der Waals surface area contributed by atoms with Crippen molar-refractivity contribution in [1.82, 2.24) is 5.32 Å². The average Bonchev–Trinajstić information content (AvgIpc) is 2.60. The van der Waals surface area contributed by atoms with Crippen LogP contribution in [0, 0.1) is 6.92 Å². The zero-order valence-electron chi connectivity index (χ0n) is 13.8. The minimum atomic E-state index is 0.246. The Morgan fingerprint density at radius 1 is 1.00 bits per heavy atom. The molecule has 0 saturated heterocycles. The van der Waals surface area contributed by atoms with Crippen LogP contribution < -0.4 is 5.32 Å². The zero-order chi connectivity index (χ0) is 16.9. The lowest BCUT2D eigenvalue weighted by molar-refractivity contribution is 0.322. The molecule has 0 aliphatic heterocycles. The Balaban J connectivity index is 1.98. The molecular weight excluding hydrogens is 338 g/mol. The van der Waals surface area contributed by atoms with Gasteiger partial charge < -0.3 is 10.4 Å². The van der Waals surface area contributed by atoms with Gasteiger partial charge in [-0.2, -0.15) is 11.8 Å². The number of hydrogen-bond donors (Lipinski definition) is 2. The van der Waals surface area contributed by atoms with Crippen LogP contribution in [0.1, 0.15) is 11.1 Å². The number of hydrogen-bond acceptors (Lipinski definition) is 3. The average molecular weight is 360 g/mol. The molecule has 0 aromatic heterocycles. The lowest BCUT2D eigenvalue weighted by atomic mass is 9.92. The maximum atomic E-state index is 8.84. The molecule has 0 saturated carbocycles. The van der Waals surface area contributed by atoms with E-state index in [1.807, 2.05) is 12.1 Å². The second-order valence-corrected chi connectivity index (χ2v) is 7.46. The van der Waals surface area contributed by atoms with E-state index in [2.05, 4.69) is 42.6 Å². The Hall–Kier alpha value is -1.26. The number of thioether (sulfide) groups is 1. The van der Waals surface area contributed by atoms with E-state index in [0.29, 0.717) is 0 Å². The number of aliphatic hydroxyl groups excluding tert-OH is 1. The SMILES string of the molecule is Cc1c2ccccc2c(CNCCSCCO)c2cccc(Cl)c12. The Morgan fingerprint density at radius 3 is 2.54 bits per heavy atom. The largest absolute Gasteiger partial charge is 0.396 e. The monoisotopic (exact) mass is 359 g/mol. The quantitative estimate of drug-likeness (QED) is 0.470. The molecular formula is C20H22ClNOS. The minimum absolute atomic E-state index is 0.246. The van der Waals surface area contributed by atoms with Crippen LogP contribution in [-0.4, -0.2) is 29.8 Å². The Morgan fingerprint density at radius 2 is 1.75 bits per heavy atom. The van der Waals surface area contributed by atoms with Gasteiger partial charge >= 0.3 is 0 Å². The number of aliphatic hydroxyl groups is 1. The number of benzene rings is 3. The summed E-state index contributed by atoms with van der Waals surface area (Å²) >= 11 is 8.27. The fraction of sp³-hybridized carbons (Fsp3) is 0.300. The molecule has 0 aliphatic carbocycles. The standard InChI is InChI=1S/C20H22ClNOS/c1-14-15-5-2-3-6-16(15)18(13-22-9-11-24-12-10-23)17-7-4-8-19(21)20(14)17/h2-8,22-23H,9-13H2,1H3. The molecule has 0 fully saturated rings. The maximum absolute atomic E-state index is 8.84. The van der Waals surface area contributed by atoms with Crippen molar-refractivity contribution >= 4 is 44.9 Å². The smallest absolute Gasteiger partial charge is 0.0521 e. The van der Waals surface area contributed by atoms with Crippen LogP contribution in [0.4, 0.5) is 0 Å². The highest BCUT2D eigenvalue weighted by Gasteiger charge is 2.12. The molecule has 3 aromatic rings. The van der Waals surface area contributed by atoms with Crippen molar-refractivity contribution < 1.29 is 5.11 Å². The number of nitrogens with one attached hydrogen (secondary N) is 1. The highest BCUT2D eigenvalue weighted by atomic mass is 35.5. The zero-order valence-corrected chi connectivity index (χ0v) is 15.4. The van der Waals surface area contributed by atoms with E-state index < -0.39 is 0 Å². The fourth-order valence-corrected chi connectivity index (χ4v) is 4.16. The third-order valence-corrected chi connectivity index (χ3v) is 5.61. The van der Waals surface area contributed by atoms with Crippen LogP contribution in [0.25, 0.3) is 21.5 Å². The summed E-state index contributed by atoms with van der Waals surface area (Å²) in [5, 5.41) is 18.1. The molecule has 0 atom stereocenters. The van der Waals surface area contributed by atoms with E-state index in [0.717, 1.165) is 35.0 Å². The van der Waals surface area contributed by atoms with Crippen LogP contribution in [0.15, 0.2) is 42.5 Å². The van der Waals surface area contributed by atoms with E-state index in [-0.39, 0.29) is 6.61 Å². The number of rotatable bonds is 7. The first-order chi connectivity index (χ1) is 11.7. The molecule has 3 aromatic carbocycles. The van der Waals surface area contributed by atoms with Crippen molar-refractivity contribution in [2.45, 2.75) is 13.5 Å². The summed E-state index contributed by atoms with van der Waals surface area (Å²) in [4.78, 5) is 0. The third-order valence-electron chi connectivity index (χ3n) is 4.33. The van der Waals surface area contributed by atoms with Crippen molar-refractivity contribution in [3.8, 4) is 0 Å². The normalized spacial score (nSPS) is 11.5. The van der Waals surface area contributed by atoms with E-state index in [1.165, 1.54) is 27.3 Å². The maximum Gasteiger partial charge on any atom is 0.0521 e. The van der Waals surface area contributed by atoms with Gasteiger partial charge in [-0.1, -0.05) is 48.0 Å². The van der Waals surface area contributed by atoms with Gasteiger partial charge in [0.25, 0.3) is 0 Å². The molecule has 0 spiro atoms. The van der Waals surface area contributed by atoms with Gasteiger partial charge in [0.15, 0.2) is 0 Å². The topological polar surface area (TPSA) is 32.3 Å². The summed E-state index contributed by atoms with van der Waals surface area (Å²) < 4.78 is 0. The van der Waals surface area contributed by atoms with Crippen LogP contribution in [-0.2, 0) is 6.54 Å². The molecule has 126 valence electrons. The first kappa shape index (κ1) is 17.6. The van der Waals surface area contributed by atoms with Crippen LogP contribution in [0.5, 0.6) is 0 Å². The molecule has 0 heterocycles. The predicted molar refractivity (Wildman–Crippen MR) is 107 cm³/mol. The Bertz CT molecular complexity index is 850. The van der Waals surface area contributed by atoms with Crippen LogP contribution >= 0.6 is 23.4 Å². The van der Waals surface area contributed by atoms with E-state index in [1.54, 1.807) is 11.8 Å². The molecule has 2 N–H and O–H groups in total. The summed E-state index contributed by atoms with van der Waals surface area (Å²) in [5.74, 6) is 1.80. The molecule has 0 aliphatic rings. The molecule has 4 heteroatoms. The highest BCUT2D eigenvalue weighted by molar-refractivity contribution is 7.99. The Kier molecular flexibility index (Phi) is 6.01. The summed E-state index contributed by atoms with van der Waals surface area (Å²) in [7, 11) is 0. The molecule has 0 radical (unpaired) electrons. The van der Waals surface area contributed by atoms with Crippen molar-refractivity contribution in [3.05, 3.63) is 58.6 Å². The van der Waals surface area contributed by atoms with Gasteiger partial charge in [-0.15, -0.1) is 0 Å². The molecule has 24 heavy (non-hydrogen) atoms. The molecule has 0 bridgehead atoms. The van der Waals surface area contributed by atoms with E-state index in [4.69, 9.17) is 16.7 Å². The number of aryl methyl sites for hydroxylation is 1. The summed E-state index contributed by atoms with van der Waals surface area (Å²) in [6, 6.07) is 14.7. The fourth-order valence-electron chi connectivity index (χ4n) is 3.22. The predicted octanol–water partition coefficient (Wildman–Crippen LogP) is 4.77. The Labute approximate surface area is 152 Å². The summed E-state index contributed by atoms with van der Waals surface area (Å²) in [6.45, 7) is 4.14. The molecule has 2 nitrogen and oxygen atoms in total. The first-order valence-electron chi connectivity index (χ1n) is 8.21. The number of halogens is 1. The summed E-state index contributed by atoms with van der Waals surface area (Å²) in [5.41, 5.74) is 2.55. The van der Waals surface area contributed by atoms with Gasteiger partial charge in [-0.05, 0) is 40.3 Å². The van der Waals surface area contributed by atoms with Gasteiger partial charge in [0.1, 0.15) is 0 Å². The molecule has 0 amide bonds. The highest BCUT2D eigenvalue weighted by Crippen LogP contribution is 2.36. The third kappa shape index (κ3) is 3.55. The van der Waals surface area contributed by atoms with Gasteiger partial charge in [0, 0.05) is 35.0 Å². The van der Waals surface area contributed by atoms with Gasteiger partial charge in [-0.3, -0.25) is 0 Å². The van der Waals surface area contributed by atoms with Crippen molar-refractivity contribution in [2.24, 2.45) is 0 Å². The number of fused-ring (bicyclic) bond motifs is 2. The van der Waals surface area contributed by atoms with Crippen LogP contribution in [0.2, 0.25) is 5.02 Å². The van der Waals surface area contributed by atoms with Gasteiger partial charge in [0.2, 0.25) is 0 Å². The van der Waals surface area contributed by atoms with E-state index >= 15 is 0 Å². The lowest BCUT2D eigenvalue weighted by Gasteiger charge is -2.16. The van der Waals surface area contributed by atoms with Crippen molar-refractivity contribution in [2.75, 3.05) is 24.7 Å². The molecule has 0 unspecified atom stereocenters. The van der Waals surface area contributed by atoms with Crippen molar-refractivity contribution in [3.63, 3.8) is 0 Å². The summed E-state index contributed by atoms with van der Waals surface area (Å²) in [6.07, 6.45) is 0. The van der Waals surface area contributed by atoms with Crippen LogP contribution in [0.3, 0.4) is 0 Å². The van der Waals surface area contributed by atoms with Crippen molar-refractivity contribution in [1.29, 1.82) is 0 Å².